The molecular weight excluding hydrogens is 268 g/mol. The molecule has 0 spiro atoms. The Balaban J connectivity index is 1.12. The van der Waals surface area contributed by atoms with Gasteiger partial charge in [0.2, 0.25) is 0 Å². The largest absolute Gasteiger partial charge is 0.379 e. The lowest BCUT2D eigenvalue weighted by Crippen LogP contribution is -2.56. The zero-order valence-electron chi connectivity index (χ0n) is 12.9. The first-order valence-corrected chi connectivity index (χ1v) is 8.67. The molecule has 0 amide bonds. The highest BCUT2D eigenvalue weighted by Crippen LogP contribution is 2.35. The fourth-order valence-corrected chi connectivity index (χ4v) is 4.05. The molecule has 0 radical (unpaired) electrons. The van der Waals surface area contributed by atoms with E-state index in [1.807, 2.05) is 0 Å². The molecule has 0 aromatic rings. The fraction of sp³-hybridized carbons (Fsp3) is 1.00. The lowest BCUT2D eigenvalue weighted by atomic mass is 9.84. The number of hydrogen-bond acceptors (Lipinski definition) is 5. The zero-order chi connectivity index (χ0) is 14.1. The Hall–Kier alpha value is -0.200. The molecule has 2 heterocycles. The molecule has 5 heteroatoms. The summed E-state index contributed by atoms with van der Waals surface area (Å²) in [5.74, 6) is 0. The molecule has 0 aromatic heterocycles. The molecule has 2 aliphatic heterocycles. The van der Waals surface area contributed by atoms with Crippen molar-refractivity contribution in [3.8, 4) is 0 Å². The van der Waals surface area contributed by atoms with Crippen LogP contribution in [-0.4, -0.2) is 86.7 Å². The van der Waals surface area contributed by atoms with Crippen LogP contribution >= 0.6 is 0 Å². The minimum absolute atomic E-state index is 0.522. The van der Waals surface area contributed by atoms with Gasteiger partial charge in [0, 0.05) is 38.3 Å². The fourth-order valence-electron chi connectivity index (χ4n) is 4.05. The third kappa shape index (κ3) is 3.27. The van der Waals surface area contributed by atoms with Crippen molar-refractivity contribution in [2.75, 3.05) is 52.6 Å². The Kier molecular flexibility index (Phi) is 4.46. The van der Waals surface area contributed by atoms with Gasteiger partial charge in [-0.05, 0) is 25.7 Å². The molecule has 21 heavy (non-hydrogen) atoms. The highest BCUT2D eigenvalue weighted by molar-refractivity contribution is 4.93. The van der Waals surface area contributed by atoms with Crippen LogP contribution in [-0.2, 0) is 14.2 Å². The van der Waals surface area contributed by atoms with Crippen LogP contribution in [0.15, 0.2) is 0 Å². The topological polar surface area (TPSA) is 34.2 Å². The van der Waals surface area contributed by atoms with Crippen molar-refractivity contribution in [1.29, 1.82) is 0 Å². The van der Waals surface area contributed by atoms with Crippen LogP contribution in [0.2, 0.25) is 0 Å². The smallest absolute Gasteiger partial charge is 0.0608 e. The first kappa shape index (κ1) is 14.4. The van der Waals surface area contributed by atoms with Crippen molar-refractivity contribution in [1.82, 2.24) is 9.80 Å². The third-order valence-electron chi connectivity index (χ3n) is 5.65. The molecule has 2 saturated heterocycles. The number of hydrogen-bond donors (Lipinski definition) is 0. The summed E-state index contributed by atoms with van der Waals surface area (Å²) in [6.45, 7) is 8.08. The van der Waals surface area contributed by atoms with E-state index in [-0.39, 0.29) is 0 Å². The summed E-state index contributed by atoms with van der Waals surface area (Å²) in [5, 5.41) is 0. The maximum atomic E-state index is 6.25. The predicted molar refractivity (Wildman–Crippen MR) is 79.5 cm³/mol. The summed E-state index contributed by atoms with van der Waals surface area (Å²) in [5.41, 5.74) is 0. The van der Waals surface area contributed by atoms with Gasteiger partial charge in [0.25, 0.3) is 0 Å². The van der Waals surface area contributed by atoms with Crippen LogP contribution in [0.25, 0.3) is 0 Å². The maximum absolute atomic E-state index is 6.25. The minimum Gasteiger partial charge on any atom is -0.379 e. The molecular formula is C16H28N2O3. The second-order valence-electron chi connectivity index (χ2n) is 6.93. The maximum Gasteiger partial charge on any atom is 0.0608 e. The van der Waals surface area contributed by atoms with Crippen molar-refractivity contribution in [3.05, 3.63) is 0 Å². The Morgan fingerprint density at radius 3 is 1.38 bits per heavy atom. The second kappa shape index (κ2) is 6.50. The summed E-state index contributed by atoms with van der Waals surface area (Å²) in [6.07, 6.45) is 5.98. The van der Waals surface area contributed by atoms with Gasteiger partial charge in [0.1, 0.15) is 0 Å². The van der Waals surface area contributed by atoms with E-state index in [1.54, 1.807) is 0 Å². The Morgan fingerprint density at radius 1 is 0.619 bits per heavy atom. The van der Waals surface area contributed by atoms with Gasteiger partial charge in [-0.15, -0.1) is 0 Å². The first-order chi connectivity index (χ1) is 10.4. The Labute approximate surface area is 127 Å². The molecule has 120 valence electrons. The molecule has 5 nitrogen and oxygen atoms in total. The van der Waals surface area contributed by atoms with Crippen molar-refractivity contribution in [2.24, 2.45) is 0 Å². The van der Waals surface area contributed by atoms with Gasteiger partial charge < -0.3 is 14.2 Å². The van der Waals surface area contributed by atoms with Crippen LogP contribution in [0.3, 0.4) is 0 Å². The van der Waals surface area contributed by atoms with Crippen molar-refractivity contribution >= 4 is 0 Å². The van der Waals surface area contributed by atoms with E-state index in [0.717, 1.165) is 64.7 Å². The van der Waals surface area contributed by atoms with Gasteiger partial charge >= 0.3 is 0 Å². The second-order valence-corrected chi connectivity index (χ2v) is 6.93. The summed E-state index contributed by atoms with van der Waals surface area (Å²) in [4.78, 5) is 5.17. The van der Waals surface area contributed by atoms with Gasteiger partial charge in [-0.1, -0.05) is 0 Å². The summed E-state index contributed by atoms with van der Waals surface area (Å²) < 4.78 is 17.1. The van der Waals surface area contributed by atoms with E-state index in [0.29, 0.717) is 12.2 Å². The van der Waals surface area contributed by atoms with Gasteiger partial charge in [-0.3, -0.25) is 9.80 Å². The molecule has 4 rings (SSSR count). The Morgan fingerprint density at radius 2 is 1.00 bits per heavy atom. The lowest BCUT2D eigenvalue weighted by Gasteiger charge is -2.49. The SMILES string of the molecule is C1CN(C2CC(OC3CC(N4CCOCC4)C3)C2)CCO1. The minimum atomic E-state index is 0.522. The van der Waals surface area contributed by atoms with Crippen LogP contribution in [0.5, 0.6) is 0 Å². The van der Waals surface area contributed by atoms with Gasteiger partial charge in [-0.25, -0.2) is 0 Å². The molecule has 2 aliphatic carbocycles. The van der Waals surface area contributed by atoms with Gasteiger partial charge in [0.15, 0.2) is 0 Å². The molecule has 4 fully saturated rings. The average molecular weight is 296 g/mol. The van der Waals surface area contributed by atoms with E-state index in [1.165, 1.54) is 25.7 Å². The molecule has 0 atom stereocenters. The van der Waals surface area contributed by atoms with Crippen molar-refractivity contribution in [3.63, 3.8) is 0 Å². The van der Waals surface area contributed by atoms with E-state index >= 15 is 0 Å². The average Bonchev–Trinajstić information content (AvgIpc) is 2.46. The predicted octanol–water partition coefficient (Wildman–Crippen LogP) is 0.729. The normalized spacial score (nSPS) is 42.3. The molecule has 0 aromatic carbocycles. The molecule has 0 bridgehead atoms. The molecule has 0 N–H and O–H groups in total. The van der Waals surface area contributed by atoms with E-state index in [9.17, 15) is 0 Å². The molecule has 2 saturated carbocycles. The van der Waals surface area contributed by atoms with E-state index in [2.05, 4.69) is 9.80 Å². The van der Waals surface area contributed by atoms with Crippen molar-refractivity contribution in [2.45, 2.75) is 50.0 Å². The number of rotatable bonds is 4. The zero-order valence-corrected chi connectivity index (χ0v) is 12.9. The standard InChI is InChI=1S/C16H28N2O3/c1-5-19-6-2-17(1)13-9-15(10-13)21-16-11-14(12-16)18-3-7-20-8-4-18/h13-16H,1-12H2. The molecule has 0 unspecified atom stereocenters. The summed E-state index contributed by atoms with van der Waals surface area (Å²) >= 11 is 0. The lowest BCUT2D eigenvalue weighted by molar-refractivity contribution is -0.143. The first-order valence-electron chi connectivity index (χ1n) is 8.67. The van der Waals surface area contributed by atoms with Gasteiger partial charge in [-0.2, -0.15) is 0 Å². The van der Waals surface area contributed by atoms with Crippen molar-refractivity contribution < 1.29 is 14.2 Å². The summed E-state index contributed by atoms with van der Waals surface area (Å²) in [7, 11) is 0. The third-order valence-corrected chi connectivity index (χ3v) is 5.65. The van der Waals surface area contributed by atoms with Crippen LogP contribution in [0.4, 0.5) is 0 Å². The van der Waals surface area contributed by atoms with Gasteiger partial charge in [0.05, 0.1) is 38.6 Å². The molecule has 4 aliphatic rings. The number of nitrogens with zero attached hydrogens (tertiary/aromatic N) is 2. The number of morpholine rings is 2. The van der Waals surface area contributed by atoms with E-state index < -0.39 is 0 Å². The van der Waals surface area contributed by atoms with Crippen LogP contribution in [0, 0.1) is 0 Å². The van der Waals surface area contributed by atoms with E-state index in [4.69, 9.17) is 14.2 Å². The monoisotopic (exact) mass is 296 g/mol. The summed E-state index contributed by atoms with van der Waals surface area (Å²) in [6, 6.07) is 1.52. The van der Waals surface area contributed by atoms with Crippen LogP contribution < -0.4 is 0 Å². The highest BCUT2D eigenvalue weighted by atomic mass is 16.5. The number of ether oxygens (including phenoxy) is 3. The Bertz CT molecular complexity index is 298. The van der Waals surface area contributed by atoms with Crippen LogP contribution in [0.1, 0.15) is 25.7 Å². The quantitative estimate of drug-likeness (QED) is 0.764. The highest BCUT2D eigenvalue weighted by Gasteiger charge is 2.40.